The fourth-order valence-corrected chi connectivity index (χ4v) is 2.87. The van der Waals surface area contributed by atoms with E-state index in [2.05, 4.69) is 39.6 Å². The third kappa shape index (κ3) is 3.25. The molecule has 24 heavy (non-hydrogen) atoms. The molecule has 0 bridgehead atoms. The minimum Gasteiger partial charge on any atom is -0.365 e. The number of hydrogen-bond donors (Lipinski definition) is 2. The fourth-order valence-electron chi connectivity index (χ4n) is 2.87. The molecule has 0 unspecified atom stereocenters. The van der Waals surface area contributed by atoms with E-state index < -0.39 is 0 Å². The Hall–Kier alpha value is -2.44. The molecule has 3 rings (SSSR count). The molecule has 0 atom stereocenters. The summed E-state index contributed by atoms with van der Waals surface area (Å²) in [6, 6.07) is 0. The van der Waals surface area contributed by atoms with Crippen molar-refractivity contribution in [3.63, 3.8) is 0 Å². The van der Waals surface area contributed by atoms with Gasteiger partial charge in [-0.1, -0.05) is 19.0 Å². The minimum absolute atomic E-state index is 0.121. The molecule has 0 saturated heterocycles. The quantitative estimate of drug-likeness (QED) is 0.873. The highest BCUT2D eigenvalue weighted by Crippen LogP contribution is 2.23. The average molecular weight is 329 g/mol. The number of rotatable bonds is 5. The predicted octanol–water partition coefficient (Wildman–Crippen LogP) is 2.18. The molecule has 1 aliphatic rings. The number of hydrogen-bond acceptors (Lipinski definition) is 6. The van der Waals surface area contributed by atoms with Gasteiger partial charge >= 0.3 is 0 Å². The lowest BCUT2D eigenvalue weighted by molar-refractivity contribution is 0.0940. The maximum atomic E-state index is 12.2. The summed E-state index contributed by atoms with van der Waals surface area (Å²) in [4.78, 5) is 21.3. The molecular formula is C17H23N5O2. The smallest absolute Gasteiger partial charge is 0.270 e. The number of carbonyl (C=O) groups excluding carboxylic acids is 1. The van der Waals surface area contributed by atoms with Gasteiger partial charge in [0.2, 0.25) is 0 Å². The van der Waals surface area contributed by atoms with Crippen LogP contribution in [0.5, 0.6) is 0 Å². The Morgan fingerprint density at radius 1 is 1.29 bits per heavy atom. The van der Waals surface area contributed by atoms with Gasteiger partial charge in [0.15, 0.2) is 0 Å². The summed E-state index contributed by atoms with van der Waals surface area (Å²) in [6.07, 6.45) is 1.47. The van der Waals surface area contributed by atoms with Crippen molar-refractivity contribution in [1.82, 2.24) is 20.4 Å². The third-order valence-electron chi connectivity index (χ3n) is 4.13. The summed E-state index contributed by atoms with van der Waals surface area (Å²) in [5, 5.41) is 10.2. The van der Waals surface area contributed by atoms with Crippen LogP contribution in [0.2, 0.25) is 0 Å². The van der Waals surface area contributed by atoms with Crippen LogP contribution in [0.3, 0.4) is 0 Å². The largest absolute Gasteiger partial charge is 0.365 e. The van der Waals surface area contributed by atoms with E-state index in [-0.39, 0.29) is 5.91 Å². The summed E-state index contributed by atoms with van der Waals surface area (Å²) in [5.41, 5.74) is 3.27. The van der Waals surface area contributed by atoms with Gasteiger partial charge in [-0.3, -0.25) is 4.79 Å². The number of nitrogens with one attached hydrogen (secondary N) is 2. The molecule has 0 saturated carbocycles. The lowest BCUT2D eigenvalue weighted by Gasteiger charge is -2.20. The van der Waals surface area contributed by atoms with Crippen LogP contribution in [0.15, 0.2) is 4.52 Å². The molecule has 3 heterocycles. The molecule has 7 heteroatoms. The van der Waals surface area contributed by atoms with Gasteiger partial charge in [-0.25, -0.2) is 9.97 Å². The Kier molecular flexibility index (Phi) is 4.51. The number of fused-ring (bicyclic) bond motifs is 1. The summed E-state index contributed by atoms with van der Waals surface area (Å²) < 4.78 is 5.20. The first-order valence-corrected chi connectivity index (χ1v) is 8.29. The lowest BCUT2D eigenvalue weighted by atomic mass is 10.0. The van der Waals surface area contributed by atoms with Gasteiger partial charge in [0, 0.05) is 30.6 Å². The van der Waals surface area contributed by atoms with Gasteiger partial charge in [-0.2, -0.15) is 0 Å². The Bertz CT molecular complexity index is 747. The van der Waals surface area contributed by atoms with Crippen LogP contribution in [0.1, 0.15) is 52.7 Å². The van der Waals surface area contributed by atoms with Crippen molar-refractivity contribution >= 4 is 11.7 Å². The summed E-state index contributed by atoms with van der Waals surface area (Å²) >= 11 is 0. The van der Waals surface area contributed by atoms with Gasteiger partial charge in [-0.05, 0) is 26.2 Å². The first-order valence-electron chi connectivity index (χ1n) is 8.29. The van der Waals surface area contributed by atoms with Crippen LogP contribution in [-0.2, 0) is 19.4 Å². The van der Waals surface area contributed by atoms with Gasteiger partial charge in [0.05, 0.1) is 5.69 Å². The van der Waals surface area contributed by atoms with E-state index in [4.69, 9.17) is 4.52 Å². The lowest BCUT2D eigenvalue weighted by Crippen LogP contribution is -2.34. The number of carbonyl (C=O) groups is 1. The van der Waals surface area contributed by atoms with E-state index in [1.165, 1.54) is 0 Å². The summed E-state index contributed by atoms with van der Waals surface area (Å²) in [6.45, 7) is 9.20. The normalized spacial score (nSPS) is 13.8. The van der Waals surface area contributed by atoms with Gasteiger partial charge in [-0.15, -0.1) is 0 Å². The molecule has 0 fully saturated rings. The molecule has 1 aliphatic heterocycles. The number of amides is 1. The highest BCUT2D eigenvalue weighted by atomic mass is 16.5. The Morgan fingerprint density at radius 2 is 2.08 bits per heavy atom. The van der Waals surface area contributed by atoms with Crippen LogP contribution in [0, 0.1) is 19.8 Å². The zero-order valence-electron chi connectivity index (χ0n) is 14.6. The fraction of sp³-hybridized carbons (Fsp3) is 0.529. The van der Waals surface area contributed by atoms with E-state index in [1.807, 2.05) is 13.8 Å². The highest BCUT2D eigenvalue weighted by molar-refractivity contribution is 5.96. The summed E-state index contributed by atoms with van der Waals surface area (Å²) in [7, 11) is 0. The first-order chi connectivity index (χ1) is 11.5. The van der Waals surface area contributed by atoms with Crippen molar-refractivity contribution in [3.8, 4) is 0 Å². The SMILES string of the molecule is Cc1noc(C)c1CNc1nc(CC(C)C)nc2c1CCNC2=O. The van der Waals surface area contributed by atoms with Crippen molar-refractivity contribution in [2.45, 2.75) is 47.1 Å². The Morgan fingerprint density at radius 3 is 2.75 bits per heavy atom. The van der Waals surface area contributed by atoms with E-state index >= 15 is 0 Å². The van der Waals surface area contributed by atoms with Crippen LogP contribution < -0.4 is 10.6 Å². The van der Waals surface area contributed by atoms with Gasteiger partial charge in [0.1, 0.15) is 23.1 Å². The molecule has 128 valence electrons. The molecule has 2 aromatic rings. The molecule has 2 N–H and O–H groups in total. The maximum Gasteiger partial charge on any atom is 0.270 e. The van der Waals surface area contributed by atoms with Gasteiger partial charge < -0.3 is 15.2 Å². The maximum absolute atomic E-state index is 12.2. The zero-order valence-corrected chi connectivity index (χ0v) is 14.6. The first kappa shape index (κ1) is 16.4. The van der Waals surface area contributed by atoms with Crippen molar-refractivity contribution in [3.05, 3.63) is 34.1 Å². The highest BCUT2D eigenvalue weighted by Gasteiger charge is 2.24. The van der Waals surface area contributed by atoms with Crippen LogP contribution in [0.25, 0.3) is 0 Å². The second kappa shape index (κ2) is 6.59. The molecular weight excluding hydrogens is 306 g/mol. The molecule has 0 spiro atoms. The van der Waals surface area contributed by atoms with Crippen molar-refractivity contribution in [2.24, 2.45) is 5.92 Å². The molecule has 1 amide bonds. The molecule has 0 aromatic carbocycles. The topological polar surface area (TPSA) is 92.9 Å². The van der Waals surface area contributed by atoms with Crippen LogP contribution >= 0.6 is 0 Å². The third-order valence-corrected chi connectivity index (χ3v) is 4.13. The predicted molar refractivity (Wildman–Crippen MR) is 89.9 cm³/mol. The Balaban J connectivity index is 1.93. The summed E-state index contributed by atoms with van der Waals surface area (Å²) in [5.74, 6) is 2.53. The second-order valence-corrected chi connectivity index (χ2v) is 6.58. The number of nitrogens with zero attached hydrogens (tertiary/aromatic N) is 3. The molecule has 7 nitrogen and oxygen atoms in total. The number of aromatic nitrogens is 3. The molecule has 0 radical (unpaired) electrons. The molecule has 0 aliphatic carbocycles. The van der Waals surface area contributed by atoms with E-state index in [9.17, 15) is 4.79 Å². The van der Waals surface area contributed by atoms with E-state index in [0.717, 1.165) is 41.2 Å². The van der Waals surface area contributed by atoms with Crippen molar-refractivity contribution in [1.29, 1.82) is 0 Å². The standard InChI is InChI=1S/C17H23N5O2/c1-9(2)7-14-20-15-12(5-6-18-17(15)23)16(21-14)19-8-13-10(3)22-24-11(13)4/h9H,5-8H2,1-4H3,(H,18,23)(H,19,20,21). The monoisotopic (exact) mass is 329 g/mol. The van der Waals surface area contributed by atoms with Crippen LogP contribution in [0.4, 0.5) is 5.82 Å². The second-order valence-electron chi connectivity index (χ2n) is 6.58. The average Bonchev–Trinajstić information content (AvgIpc) is 2.84. The minimum atomic E-state index is -0.121. The molecule has 2 aromatic heterocycles. The van der Waals surface area contributed by atoms with Crippen LogP contribution in [-0.4, -0.2) is 27.6 Å². The van der Waals surface area contributed by atoms with Crippen molar-refractivity contribution < 1.29 is 9.32 Å². The zero-order chi connectivity index (χ0) is 17.3. The number of anilines is 1. The van der Waals surface area contributed by atoms with E-state index in [0.29, 0.717) is 30.5 Å². The number of aryl methyl sites for hydroxylation is 2. The van der Waals surface area contributed by atoms with Gasteiger partial charge in [0.25, 0.3) is 5.91 Å². The van der Waals surface area contributed by atoms with Crippen molar-refractivity contribution in [2.75, 3.05) is 11.9 Å². The van der Waals surface area contributed by atoms with E-state index in [1.54, 1.807) is 0 Å². The Labute approximate surface area is 141 Å².